The van der Waals surface area contributed by atoms with Crippen molar-refractivity contribution >= 4 is 28.6 Å². The second-order valence-corrected chi connectivity index (χ2v) is 3.48. The maximum absolute atomic E-state index is 10.6. The number of carbonyl (C=O) groups is 1. The van der Waals surface area contributed by atoms with Crippen LogP contribution < -0.4 is 4.74 Å². The second kappa shape index (κ2) is 3.91. The fourth-order valence-electron chi connectivity index (χ4n) is 0.977. The van der Waals surface area contributed by atoms with Gasteiger partial charge in [-0.1, -0.05) is 0 Å². The van der Waals surface area contributed by atoms with Gasteiger partial charge in [0.2, 0.25) is 0 Å². The molecule has 1 rings (SSSR count). The first-order chi connectivity index (χ1) is 6.06. The molecule has 0 radical (unpaired) electrons. The van der Waals surface area contributed by atoms with Crippen LogP contribution in [0.3, 0.4) is 0 Å². The van der Waals surface area contributed by atoms with E-state index in [0.29, 0.717) is 9.45 Å². The van der Waals surface area contributed by atoms with Crippen LogP contribution in [0.4, 0.5) is 0 Å². The summed E-state index contributed by atoms with van der Waals surface area (Å²) in [6, 6.07) is 1.49. The lowest BCUT2D eigenvalue weighted by atomic mass is 10.2. The first-order valence-corrected chi connectivity index (χ1v) is 4.58. The SMILES string of the molecule is COc1c(C)cc(C(=O)O)nc1I. The summed E-state index contributed by atoms with van der Waals surface area (Å²) in [5.74, 6) is -0.394. The molecule has 1 heterocycles. The third-order valence-electron chi connectivity index (χ3n) is 1.54. The van der Waals surface area contributed by atoms with Crippen molar-refractivity contribution in [2.45, 2.75) is 6.92 Å². The van der Waals surface area contributed by atoms with Crippen molar-refractivity contribution in [3.05, 3.63) is 21.0 Å². The zero-order valence-corrected chi connectivity index (χ0v) is 9.32. The number of aromatic nitrogens is 1. The summed E-state index contributed by atoms with van der Waals surface area (Å²) in [5, 5.41) is 8.69. The Bertz CT molecular complexity index is 328. The summed E-state index contributed by atoms with van der Waals surface area (Å²) in [6.45, 7) is 1.79. The highest BCUT2D eigenvalue weighted by atomic mass is 127. The smallest absolute Gasteiger partial charge is 0.354 e. The number of ether oxygens (including phenoxy) is 1. The van der Waals surface area contributed by atoms with E-state index in [1.807, 2.05) is 22.6 Å². The quantitative estimate of drug-likeness (QED) is 0.666. The third kappa shape index (κ3) is 2.09. The minimum Gasteiger partial charge on any atom is -0.494 e. The number of nitrogens with zero attached hydrogens (tertiary/aromatic N) is 1. The normalized spacial score (nSPS) is 9.77. The van der Waals surface area contributed by atoms with Crippen LogP contribution in [0, 0.1) is 10.6 Å². The van der Waals surface area contributed by atoms with Gasteiger partial charge >= 0.3 is 5.97 Å². The van der Waals surface area contributed by atoms with Crippen LogP contribution in [-0.2, 0) is 0 Å². The monoisotopic (exact) mass is 293 g/mol. The number of carboxylic acid groups (broad SMARTS) is 1. The van der Waals surface area contributed by atoms with E-state index in [0.717, 1.165) is 5.56 Å². The molecule has 0 saturated carbocycles. The number of rotatable bonds is 2. The Labute approximate surface area is 89.1 Å². The molecule has 0 bridgehead atoms. The predicted molar refractivity (Wildman–Crippen MR) is 55.2 cm³/mol. The van der Waals surface area contributed by atoms with Crippen molar-refractivity contribution in [1.82, 2.24) is 4.98 Å². The average Bonchev–Trinajstić information content (AvgIpc) is 2.03. The highest BCUT2D eigenvalue weighted by Crippen LogP contribution is 2.23. The molecule has 13 heavy (non-hydrogen) atoms. The maximum Gasteiger partial charge on any atom is 0.354 e. The summed E-state index contributed by atoms with van der Waals surface area (Å²) in [4.78, 5) is 14.5. The van der Waals surface area contributed by atoms with E-state index in [9.17, 15) is 4.79 Å². The van der Waals surface area contributed by atoms with Crippen LogP contribution in [0.25, 0.3) is 0 Å². The summed E-state index contributed by atoms with van der Waals surface area (Å²) >= 11 is 1.95. The van der Waals surface area contributed by atoms with E-state index in [-0.39, 0.29) is 5.69 Å². The molecule has 0 aliphatic rings. The van der Waals surface area contributed by atoms with Gasteiger partial charge in [-0.05, 0) is 41.1 Å². The van der Waals surface area contributed by atoms with Gasteiger partial charge in [-0.25, -0.2) is 9.78 Å². The van der Waals surface area contributed by atoms with E-state index in [1.165, 1.54) is 13.2 Å². The first kappa shape index (κ1) is 10.2. The van der Waals surface area contributed by atoms with Crippen molar-refractivity contribution < 1.29 is 14.6 Å². The van der Waals surface area contributed by atoms with Crippen LogP contribution in [0.5, 0.6) is 5.75 Å². The number of hydrogen-bond acceptors (Lipinski definition) is 3. The van der Waals surface area contributed by atoms with Crippen molar-refractivity contribution in [3.63, 3.8) is 0 Å². The Kier molecular flexibility index (Phi) is 3.07. The highest BCUT2D eigenvalue weighted by Gasteiger charge is 2.11. The molecular weight excluding hydrogens is 285 g/mol. The van der Waals surface area contributed by atoms with Gasteiger partial charge in [0.25, 0.3) is 0 Å². The molecule has 0 spiro atoms. The molecule has 5 heteroatoms. The number of aryl methyl sites for hydroxylation is 1. The Morgan fingerprint density at radius 1 is 1.69 bits per heavy atom. The Balaban J connectivity index is 3.28. The van der Waals surface area contributed by atoms with E-state index in [4.69, 9.17) is 9.84 Å². The maximum atomic E-state index is 10.6. The predicted octanol–water partition coefficient (Wildman–Crippen LogP) is 1.70. The van der Waals surface area contributed by atoms with Crippen LogP contribution in [0.2, 0.25) is 0 Å². The highest BCUT2D eigenvalue weighted by molar-refractivity contribution is 14.1. The van der Waals surface area contributed by atoms with Gasteiger partial charge in [0.15, 0.2) is 5.75 Å². The Hall–Kier alpha value is -0.850. The molecule has 1 aromatic rings. The average molecular weight is 293 g/mol. The molecule has 0 fully saturated rings. The number of carboxylic acids is 1. The largest absolute Gasteiger partial charge is 0.494 e. The molecule has 0 atom stereocenters. The zero-order chi connectivity index (χ0) is 10.0. The summed E-state index contributed by atoms with van der Waals surface area (Å²) in [6.07, 6.45) is 0. The standard InChI is InChI=1S/C8H8INO3/c1-4-3-5(8(11)12)10-7(9)6(4)13-2/h3H,1-2H3,(H,11,12). The molecule has 0 amide bonds. The zero-order valence-electron chi connectivity index (χ0n) is 7.17. The van der Waals surface area contributed by atoms with Crippen LogP contribution in [-0.4, -0.2) is 23.2 Å². The molecule has 4 nitrogen and oxygen atoms in total. The number of hydrogen-bond donors (Lipinski definition) is 1. The first-order valence-electron chi connectivity index (χ1n) is 3.50. The number of aromatic carboxylic acids is 1. The minimum atomic E-state index is -1.02. The van der Waals surface area contributed by atoms with E-state index in [1.54, 1.807) is 6.92 Å². The summed E-state index contributed by atoms with van der Waals surface area (Å²) < 4.78 is 5.61. The summed E-state index contributed by atoms with van der Waals surface area (Å²) in [7, 11) is 1.53. The van der Waals surface area contributed by atoms with Gasteiger partial charge < -0.3 is 9.84 Å². The lowest BCUT2D eigenvalue weighted by Gasteiger charge is -2.06. The lowest BCUT2D eigenvalue weighted by molar-refractivity contribution is 0.0690. The van der Waals surface area contributed by atoms with Crippen molar-refractivity contribution in [2.24, 2.45) is 0 Å². The second-order valence-electron chi connectivity index (χ2n) is 2.45. The number of halogens is 1. The fraction of sp³-hybridized carbons (Fsp3) is 0.250. The van der Waals surface area contributed by atoms with Gasteiger partial charge in [0, 0.05) is 0 Å². The van der Waals surface area contributed by atoms with E-state index >= 15 is 0 Å². The van der Waals surface area contributed by atoms with E-state index in [2.05, 4.69) is 4.98 Å². The molecule has 0 aromatic carbocycles. The Morgan fingerprint density at radius 3 is 2.69 bits per heavy atom. The van der Waals surface area contributed by atoms with E-state index < -0.39 is 5.97 Å². The van der Waals surface area contributed by atoms with Crippen molar-refractivity contribution in [2.75, 3.05) is 7.11 Å². The molecule has 70 valence electrons. The van der Waals surface area contributed by atoms with Gasteiger partial charge in [0.05, 0.1) is 7.11 Å². The van der Waals surface area contributed by atoms with Crippen LogP contribution in [0.1, 0.15) is 16.1 Å². The number of pyridine rings is 1. The molecule has 1 N–H and O–H groups in total. The molecule has 0 aliphatic carbocycles. The van der Waals surface area contributed by atoms with Crippen molar-refractivity contribution in [3.8, 4) is 5.75 Å². The molecule has 1 aromatic heterocycles. The van der Waals surface area contributed by atoms with Gasteiger partial charge in [0.1, 0.15) is 9.39 Å². The van der Waals surface area contributed by atoms with Gasteiger partial charge in [-0.2, -0.15) is 0 Å². The third-order valence-corrected chi connectivity index (χ3v) is 2.27. The number of methoxy groups -OCH3 is 1. The van der Waals surface area contributed by atoms with Crippen LogP contribution in [0.15, 0.2) is 6.07 Å². The fourth-order valence-corrected chi connectivity index (χ4v) is 1.88. The molecular formula is C8H8INO3. The summed E-state index contributed by atoms with van der Waals surface area (Å²) in [5.41, 5.74) is 0.821. The molecule has 0 aliphatic heterocycles. The molecule has 0 saturated heterocycles. The minimum absolute atomic E-state index is 0.0442. The van der Waals surface area contributed by atoms with Gasteiger partial charge in [-0.3, -0.25) is 0 Å². The van der Waals surface area contributed by atoms with Gasteiger partial charge in [-0.15, -0.1) is 0 Å². The topological polar surface area (TPSA) is 59.4 Å². The lowest BCUT2D eigenvalue weighted by Crippen LogP contribution is -2.04. The van der Waals surface area contributed by atoms with Crippen LogP contribution >= 0.6 is 22.6 Å². The van der Waals surface area contributed by atoms with Crippen molar-refractivity contribution in [1.29, 1.82) is 0 Å². The Morgan fingerprint density at radius 2 is 2.31 bits per heavy atom. The molecule has 0 unspecified atom stereocenters.